The van der Waals surface area contributed by atoms with Crippen LogP contribution < -0.4 is 4.90 Å². The highest BCUT2D eigenvalue weighted by molar-refractivity contribution is 7.78. The predicted octanol–water partition coefficient (Wildman–Crippen LogP) is 5.13. The second-order valence-electron chi connectivity index (χ2n) is 4.79. The minimum atomic E-state index is -0.515. The Morgan fingerprint density at radius 3 is 2.46 bits per heavy atom. The Morgan fingerprint density at radius 1 is 1.08 bits per heavy atom. The monoisotopic (exact) mass is 338 g/mol. The lowest BCUT2D eigenvalue weighted by molar-refractivity contribution is 0.0972. The molecule has 0 bridgehead atoms. The van der Waals surface area contributed by atoms with Crippen LogP contribution in [-0.2, 0) is 0 Å². The predicted molar refractivity (Wildman–Crippen MR) is 92.7 cm³/mol. The van der Waals surface area contributed by atoms with Gasteiger partial charge < -0.3 is 4.42 Å². The molecule has 2 aromatic carbocycles. The molecule has 3 aromatic rings. The van der Waals surface area contributed by atoms with E-state index in [0.29, 0.717) is 11.4 Å². The lowest BCUT2D eigenvalue weighted by Crippen LogP contribution is -2.26. The number of thiocarbonyl (C=S) groups is 1. The number of nitrogens with zero attached hydrogens (tertiary/aromatic N) is 2. The Balaban J connectivity index is 2.10. The molecule has 0 unspecified atom stereocenters. The largest absolute Gasteiger partial charge is 0.459 e. The summed E-state index contributed by atoms with van der Waals surface area (Å²) in [6.45, 7) is 0. The summed E-state index contributed by atoms with van der Waals surface area (Å²) in [4.78, 5) is 17.9. The molecule has 0 saturated heterocycles. The molecule has 24 heavy (non-hydrogen) atoms. The van der Waals surface area contributed by atoms with Gasteiger partial charge in [-0.05, 0) is 60.7 Å². The number of anilines is 2. The maximum absolute atomic E-state index is 14.3. The maximum atomic E-state index is 14.3. The molecule has 3 rings (SSSR count). The zero-order chi connectivity index (χ0) is 16.9. The highest BCUT2D eigenvalue weighted by Crippen LogP contribution is 2.31. The molecule has 0 N–H and O–H groups in total. The van der Waals surface area contributed by atoms with Crippen molar-refractivity contribution < 1.29 is 13.6 Å². The number of furan rings is 1. The van der Waals surface area contributed by atoms with E-state index in [2.05, 4.69) is 22.4 Å². The van der Waals surface area contributed by atoms with E-state index in [0.717, 1.165) is 0 Å². The van der Waals surface area contributed by atoms with E-state index in [1.165, 1.54) is 29.4 Å². The molecule has 118 valence electrons. The van der Waals surface area contributed by atoms with Gasteiger partial charge in [0.05, 0.1) is 22.8 Å². The summed E-state index contributed by atoms with van der Waals surface area (Å²) in [6, 6.07) is 15.8. The first-order valence-electron chi connectivity index (χ1n) is 7.01. The molecule has 1 amide bonds. The van der Waals surface area contributed by atoms with Gasteiger partial charge in [0, 0.05) is 5.69 Å². The van der Waals surface area contributed by atoms with E-state index < -0.39 is 11.7 Å². The van der Waals surface area contributed by atoms with Crippen molar-refractivity contribution >= 4 is 40.3 Å². The van der Waals surface area contributed by atoms with Crippen LogP contribution in [0, 0.1) is 5.82 Å². The molecule has 0 aliphatic heterocycles. The van der Waals surface area contributed by atoms with Gasteiger partial charge in [-0.3, -0.25) is 9.69 Å². The normalized spacial score (nSPS) is 10.0. The van der Waals surface area contributed by atoms with E-state index in [9.17, 15) is 9.18 Å². The van der Waals surface area contributed by atoms with Gasteiger partial charge in [0.25, 0.3) is 5.91 Å². The van der Waals surface area contributed by atoms with Crippen LogP contribution in [0.5, 0.6) is 0 Å². The number of benzene rings is 2. The Kier molecular flexibility index (Phi) is 4.61. The topological polar surface area (TPSA) is 45.8 Å². The fourth-order valence-electron chi connectivity index (χ4n) is 2.24. The average molecular weight is 338 g/mol. The molecular weight excluding hydrogens is 327 g/mol. The van der Waals surface area contributed by atoms with Crippen LogP contribution in [0.3, 0.4) is 0 Å². The van der Waals surface area contributed by atoms with E-state index in [4.69, 9.17) is 4.42 Å². The van der Waals surface area contributed by atoms with Gasteiger partial charge in [-0.1, -0.05) is 12.1 Å². The fourth-order valence-corrected chi connectivity index (χ4v) is 2.34. The first kappa shape index (κ1) is 15.8. The lowest BCUT2D eigenvalue weighted by Gasteiger charge is -2.22. The number of amides is 1. The fraction of sp³-hybridized carbons (Fsp3) is 0. The van der Waals surface area contributed by atoms with Crippen LogP contribution >= 0.6 is 12.2 Å². The highest BCUT2D eigenvalue weighted by atomic mass is 32.1. The Bertz CT molecular complexity index is 901. The number of hydrogen-bond donors (Lipinski definition) is 0. The molecule has 0 spiro atoms. The summed E-state index contributed by atoms with van der Waals surface area (Å²) in [5.41, 5.74) is 1.20. The van der Waals surface area contributed by atoms with Crippen molar-refractivity contribution in [3.05, 3.63) is 78.5 Å². The van der Waals surface area contributed by atoms with Crippen LogP contribution in [0.15, 0.2) is 76.3 Å². The van der Waals surface area contributed by atoms with E-state index >= 15 is 0 Å². The van der Waals surface area contributed by atoms with Crippen LogP contribution in [0.2, 0.25) is 0 Å². The summed E-state index contributed by atoms with van der Waals surface area (Å²) in [6.07, 6.45) is 1.39. The molecule has 0 atom stereocenters. The molecule has 0 fully saturated rings. The molecule has 0 radical (unpaired) electrons. The van der Waals surface area contributed by atoms with Gasteiger partial charge in [-0.25, -0.2) is 4.39 Å². The third-order valence-corrected chi connectivity index (χ3v) is 3.40. The van der Waals surface area contributed by atoms with Crippen LogP contribution in [0.4, 0.5) is 21.5 Å². The van der Waals surface area contributed by atoms with Crippen molar-refractivity contribution in [3.8, 4) is 0 Å². The van der Waals surface area contributed by atoms with Gasteiger partial charge in [0.2, 0.25) is 0 Å². The van der Waals surface area contributed by atoms with Crippen molar-refractivity contribution in [2.75, 3.05) is 4.90 Å². The molecule has 0 saturated carbocycles. The SMILES string of the molecule is O=C(c1ccco1)N(c1ccc(N=C=S)cc1)c1ccccc1F. The number of carbonyl (C=O) groups excluding carboxylic acids is 1. The quantitative estimate of drug-likeness (QED) is 0.489. The lowest BCUT2D eigenvalue weighted by atomic mass is 10.2. The third kappa shape index (κ3) is 3.15. The van der Waals surface area contributed by atoms with Gasteiger partial charge in [-0.15, -0.1) is 0 Å². The number of para-hydroxylation sites is 1. The van der Waals surface area contributed by atoms with Gasteiger partial charge in [0.1, 0.15) is 5.82 Å². The van der Waals surface area contributed by atoms with Crippen molar-refractivity contribution in [1.29, 1.82) is 0 Å². The smallest absolute Gasteiger partial charge is 0.298 e. The summed E-state index contributed by atoms with van der Waals surface area (Å²) in [5, 5.41) is 2.27. The van der Waals surface area contributed by atoms with Crippen LogP contribution in [0.1, 0.15) is 10.6 Å². The molecule has 0 aliphatic rings. The van der Waals surface area contributed by atoms with E-state index in [1.54, 1.807) is 42.5 Å². The number of hydrogen-bond acceptors (Lipinski definition) is 4. The number of halogens is 1. The van der Waals surface area contributed by atoms with Crippen molar-refractivity contribution in [2.24, 2.45) is 4.99 Å². The minimum Gasteiger partial charge on any atom is -0.459 e. The summed E-state index contributed by atoms with van der Waals surface area (Å²) < 4.78 is 19.4. The second-order valence-corrected chi connectivity index (χ2v) is 4.97. The van der Waals surface area contributed by atoms with Crippen LogP contribution in [-0.4, -0.2) is 11.1 Å². The van der Waals surface area contributed by atoms with Crippen LogP contribution in [0.25, 0.3) is 0 Å². The molecule has 4 nitrogen and oxygen atoms in total. The van der Waals surface area contributed by atoms with E-state index in [1.807, 2.05) is 0 Å². The molecule has 6 heteroatoms. The summed E-state index contributed by atoms with van der Waals surface area (Å²) in [5.74, 6) is -0.881. The molecule has 1 aromatic heterocycles. The maximum Gasteiger partial charge on any atom is 0.298 e. The van der Waals surface area contributed by atoms with Crippen molar-refractivity contribution in [1.82, 2.24) is 0 Å². The average Bonchev–Trinajstić information content (AvgIpc) is 3.13. The van der Waals surface area contributed by atoms with Crippen molar-refractivity contribution in [3.63, 3.8) is 0 Å². The highest BCUT2D eigenvalue weighted by Gasteiger charge is 2.24. The molecular formula is C18H11FN2O2S. The number of carbonyl (C=O) groups is 1. The first-order valence-corrected chi connectivity index (χ1v) is 7.42. The van der Waals surface area contributed by atoms with Gasteiger partial charge in [0.15, 0.2) is 5.76 Å². The summed E-state index contributed by atoms with van der Waals surface area (Å²) in [7, 11) is 0. The molecule has 1 heterocycles. The Labute approximate surface area is 142 Å². The van der Waals surface area contributed by atoms with Crippen molar-refractivity contribution in [2.45, 2.75) is 0 Å². The van der Waals surface area contributed by atoms with E-state index in [-0.39, 0.29) is 11.4 Å². The second kappa shape index (κ2) is 7.00. The Hall–Kier alpha value is -3.08. The number of rotatable bonds is 4. The third-order valence-electron chi connectivity index (χ3n) is 3.31. The first-order chi connectivity index (χ1) is 11.7. The standard InChI is InChI=1S/C18H11FN2O2S/c19-15-4-1-2-5-16(15)21(18(22)17-6-3-11-23-17)14-9-7-13(8-10-14)20-12-24/h1-11H. The van der Waals surface area contributed by atoms with Gasteiger partial charge in [-0.2, -0.15) is 4.99 Å². The zero-order valence-corrected chi connectivity index (χ0v) is 13.2. The number of aliphatic imine (C=N–C) groups is 1. The summed E-state index contributed by atoms with van der Waals surface area (Å²) >= 11 is 4.56. The number of isothiocyanates is 1. The minimum absolute atomic E-state index is 0.110. The Morgan fingerprint density at radius 2 is 1.83 bits per heavy atom. The molecule has 0 aliphatic carbocycles. The zero-order valence-electron chi connectivity index (χ0n) is 12.3. The van der Waals surface area contributed by atoms with Gasteiger partial charge >= 0.3 is 0 Å².